The number of rotatable bonds is 9. The van der Waals surface area contributed by atoms with Crippen LogP contribution >= 0.6 is 11.8 Å². The van der Waals surface area contributed by atoms with Crippen molar-refractivity contribution in [3.63, 3.8) is 0 Å². The van der Waals surface area contributed by atoms with Gasteiger partial charge in [-0.1, -0.05) is 6.92 Å². The average Bonchev–Trinajstić information content (AvgIpc) is 2.26. The second-order valence-electron chi connectivity index (χ2n) is 3.88. The molecule has 4 heteroatoms. The third-order valence-corrected chi connectivity index (χ3v) is 3.57. The summed E-state index contributed by atoms with van der Waals surface area (Å²) in [5.41, 5.74) is 5.59. The molecule has 2 atom stereocenters. The van der Waals surface area contributed by atoms with E-state index in [2.05, 4.69) is 25.1 Å². The monoisotopic (exact) mass is 234 g/mol. The normalized spacial score (nSPS) is 15.6. The molecular formula is C11H26N2OS. The highest BCUT2D eigenvalue weighted by atomic mass is 32.2. The van der Waals surface area contributed by atoms with Gasteiger partial charge < -0.3 is 15.4 Å². The largest absolute Gasteiger partial charge is 0.380 e. The molecule has 0 spiro atoms. The Morgan fingerprint density at radius 3 is 2.53 bits per heavy atom. The van der Waals surface area contributed by atoms with Gasteiger partial charge in [0.2, 0.25) is 0 Å². The Hall–Kier alpha value is 0.230. The summed E-state index contributed by atoms with van der Waals surface area (Å²) >= 11 is 1.91. The van der Waals surface area contributed by atoms with Gasteiger partial charge >= 0.3 is 0 Å². The molecule has 0 amide bonds. The molecule has 92 valence electrons. The van der Waals surface area contributed by atoms with Crippen LogP contribution in [-0.2, 0) is 4.74 Å². The SMILES string of the molecule is CCC(CSC)N(C)CCC(CN)OC. The Balaban J connectivity index is 3.82. The van der Waals surface area contributed by atoms with Gasteiger partial charge in [-0.25, -0.2) is 0 Å². The van der Waals surface area contributed by atoms with E-state index in [9.17, 15) is 0 Å². The van der Waals surface area contributed by atoms with E-state index >= 15 is 0 Å². The molecule has 0 radical (unpaired) electrons. The molecule has 0 aromatic rings. The van der Waals surface area contributed by atoms with Crippen LogP contribution in [0.2, 0.25) is 0 Å². The van der Waals surface area contributed by atoms with Gasteiger partial charge in [0, 0.05) is 32.0 Å². The molecule has 2 unspecified atom stereocenters. The van der Waals surface area contributed by atoms with Gasteiger partial charge in [-0.05, 0) is 26.1 Å². The van der Waals surface area contributed by atoms with E-state index in [0.29, 0.717) is 12.6 Å². The number of thioether (sulfide) groups is 1. The maximum atomic E-state index is 5.59. The Morgan fingerprint density at radius 2 is 2.13 bits per heavy atom. The lowest BCUT2D eigenvalue weighted by Gasteiger charge is -2.27. The van der Waals surface area contributed by atoms with E-state index < -0.39 is 0 Å². The van der Waals surface area contributed by atoms with Crippen LogP contribution in [0.1, 0.15) is 19.8 Å². The van der Waals surface area contributed by atoms with Crippen molar-refractivity contribution >= 4 is 11.8 Å². The van der Waals surface area contributed by atoms with Crippen molar-refractivity contribution in [2.75, 3.05) is 39.3 Å². The number of nitrogens with zero attached hydrogens (tertiary/aromatic N) is 1. The number of methoxy groups -OCH3 is 1. The van der Waals surface area contributed by atoms with E-state index in [1.54, 1.807) is 7.11 Å². The second kappa shape index (κ2) is 9.46. The number of nitrogens with two attached hydrogens (primary N) is 1. The Morgan fingerprint density at radius 1 is 1.47 bits per heavy atom. The van der Waals surface area contributed by atoms with Crippen LogP contribution in [0.25, 0.3) is 0 Å². The minimum Gasteiger partial charge on any atom is -0.380 e. The maximum Gasteiger partial charge on any atom is 0.0705 e. The van der Waals surface area contributed by atoms with Gasteiger partial charge in [-0.2, -0.15) is 11.8 Å². The van der Waals surface area contributed by atoms with Crippen molar-refractivity contribution in [3.8, 4) is 0 Å². The minimum absolute atomic E-state index is 0.208. The molecule has 0 aliphatic heterocycles. The van der Waals surface area contributed by atoms with Crippen molar-refractivity contribution in [3.05, 3.63) is 0 Å². The molecular weight excluding hydrogens is 208 g/mol. The first-order valence-electron chi connectivity index (χ1n) is 5.61. The standard InChI is InChI=1S/C11H26N2OS/c1-5-10(9-15-4)13(2)7-6-11(8-12)14-3/h10-11H,5-9,12H2,1-4H3. The average molecular weight is 234 g/mol. The van der Waals surface area contributed by atoms with E-state index in [1.165, 1.54) is 12.2 Å². The van der Waals surface area contributed by atoms with Crippen LogP contribution in [0.15, 0.2) is 0 Å². The molecule has 0 saturated heterocycles. The predicted molar refractivity (Wildman–Crippen MR) is 69.6 cm³/mol. The highest BCUT2D eigenvalue weighted by Crippen LogP contribution is 2.09. The molecule has 3 nitrogen and oxygen atoms in total. The molecule has 0 rings (SSSR count). The van der Waals surface area contributed by atoms with E-state index in [0.717, 1.165) is 13.0 Å². The third-order valence-electron chi connectivity index (χ3n) is 2.85. The van der Waals surface area contributed by atoms with Gasteiger partial charge in [0.1, 0.15) is 0 Å². The van der Waals surface area contributed by atoms with Crippen LogP contribution in [-0.4, -0.2) is 56.3 Å². The first-order chi connectivity index (χ1) is 7.19. The van der Waals surface area contributed by atoms with Crippen LogP contribution in [0, 0.1) is 0 Å². The fourth-order valence-electron chi connectivity index (χ4n) is 1.61. The molecule has 0 aliphatic rings. The smallest absolute Gasteiger partial charge is 0.0705 e. The second-order valence-corrected chi connectivity index (χ2v) is 4.79. The van der Waals surface area contributed by atoms with Crippen molar-refractivity contribution in [2.24, 2.45) is 5.73 Å². The topological polar surface area (TPSA) is 38.5 Å². The highest BCUT2D eigenvalue weighted by molar-refractivity contribution is 7.98. The number of hydrogen-bond acceptors (Lipinski definition) is 4. The van der Waals surface area contributed by atoms with E-state index in [4.69, 9.17) is 10.5 Å². The molecule has 2 N–H and O–H groups in total. The third kappa shape index (κ3) is 6.40. The van der Waals surface area contributed by atoms with Crippen molar-refractivity contribution in [1.82, 2.24) is 4.90 Å². The fourth-order valence-corrected chi connectivity index (χ4v) is 2.49. The molecule has 0 fully saturated rings. The van der Waals surface area contributed by atoms with Gasteiger partial charge in [0.05, 0.1) is 6.10 Å². The zero-order valence-corrected chi connectivity index (χ0v) is 11.3. The Bertz CT molecular complexity index is 143. The van der Waals surface area contributed by atoms with E-state index in [-0.39, 0.29) is 6.10 Å². The number of ether oxygens (including phenoxy) is 1. The molecule has 0 aliphatic carbocycles. The summed E-state index contributed by atoms with van der Waals surface area (Å²) in [5, 5.41) is 0. The van der Waals surface area contributed by atoms with Crippen molar-refractivity contribution < 1.29 is 4.74 Å². The van der Waals surface area contributed by atoms with Crippen molar-refractivity contribution in [1.29, 1.82) is 0 Å². The van der Waals surface area contributed by atoms with Gasteiger partial charge in [0.25, 0.3) is 0 Å². The predicted octanol–water partition coefficient (Wildman–Crippen LogP) is 1.42. The van der Waals surface area contributed by atoms with Crippen LogP contribution in [0.5, 0.6) is 0 Å². The van der Waals surface area contributed by atoms with Crippen molar-refractivity contribution in [2.45, 2.75) is 31.9 Å². The summed E-state index contributed by atoms with van der Waals surface area (Å²) in [6.45, 7) is 3.92. The first-order valence-corrected chi connectivity index (χ1v) is 7.00. The molecule has 0 aromatic heterocycles. The summed E-state index contributed by atoms with van der Waals surface area (Å²) in [6, 6.07) is 0.676. The summed E-state index contributed by atoms with van der Waals surface area (Å²) in [5.74, 6) is 1.20. The van der Waals surface area contributed by atoms with E-state index in [1.807, 2.05) is 11.8 Å². The zero-order chi connectivity index (χ0) is 11.7. The van der Waals surface area contributed by atoms with Crippen LogP contribution < -0.4 is 5.73 Å². The first kappa shape index (κ1) is 15.2. The molecule has 0 aromatic carbocycles. The molecule has 15 heavy (non-hydrogen) atoms. The summed E-state index contributed by atoms with van der Waals surface area (Å²) in [4.78, 5) is 2.41. The minimum atomic E-state index is 0.208. The van der Waals surface area contributed by atoms with Crippen LogP contribution in [0.4, 0.5) is 0 Å². The highest BCUT2D eigenvalue weighted by Gasteiger charge is 2.13. The van der Waals surface area contributed by atoms with Gasteiger partial charge in [-0.3, -0.25) is 0 Å². The molecule has 0 heterocycles. The quantitative estimate of drug-likeness (QED) is 0.655. The lowest BCUT2D eigenvalue weighted by atomic mass is 10.2. The van der Waals surface area contributed by atoms with Gasteiger partial charge in [-0.15, -0.1) is 0 Å². The molecule has 0 bridgehead atoms. The molecule has 0 saturated carbocycles. The fraction of sp³-hybridized carbons (Fsp3) is 1.00. The summed E-state index contributed by atoms with van der Waals surface area (Å²) < 4.78 is 5.27. The number of hydrogen-bond donors (Lipinski definition) is 1. The van der Waals surface area contributed by atoms with Crippen LogP contribution in [0.3, 0.4) is 0 Å². The Kier molecular flexibility index (Phi) is 9.60. The maximum absolute atomic E-state index is 5.59. The summed E-state index contributed by atoms with van der Waals surface area (Å²) in [7, 11) is 3.92. The lowest BCUT2D eigenvalue weighted by Crippen LogP contribution is -2.36. The summed E-state index contributed by atoms with van der Waals surface area (Å²) in [6.07, 6.45) is 4.60. The lowest BCUT2D eigenvalue weighted by molar-refractivity contribution is 0.0882. The van der Waals surface area contributed by atoms with Gasteiger partial charge in [0.15, 0.2) is 0 Å². The zero-order valence-electron chi connectivity index (χ0n) is 10.5. The Labute approximate surface area is 98.7 Å².